The molecular formula is C18H29N9O5S2. The first-order chi connectivity index (χ1) is 16.1. The van der Waals surface area contributed by atoms with E-state index in [4.69, 9.17) is 16.6 Å². The van der Waals surface area contributed by atoms with Gasteiger partial charge in [0.2, 0.25) is 25.9 Å². The molecule has 1 aliphatic heterocycles. The molecule has 0 amide bonds. The van der Waals surface area contributed by atoms with Gasteiger partial charge in [0.05, 0.1) is 11.7 Å². The molecule has 16 heteroatoms. The third-order valence-electron chi connectivity index (χ3n) is 6.67. The SMILES string of the molecule is NCC1C2CCC1CN(c1ccc(S(=O)(=O)NC[C@H](O)CN)c(S(N)(=O)=O)c1-c1nn[nH]n1)C2. The van der Waals surface area contributed by atoms with Gasteiger partial charge in [-0.3, -0.25) is 0 Å². The van der Waals surface area contributed by atoms with Gasteiger partial charge in [0.25, 0.3) is 0 Å². The Hall–Kier alpha value is -2.21. The van der Waals surface area contributed by atoms with E-state index in [0.29, 0.717) is 43.1 Å². The van der Waals surface area contributed by atoms with E-state index in [9.17, 15) is 21.9 Å². The number of nitrogens with zero attached hydrogens (tertiary/aromatic N) is 4. The summed E-state index contributed by atoms with van der Waals surface area (Å²) in [4.78, 5) is 0.786. The van der Waals surface area contributed by atoms with Crippen LogP contribution in [0.15, 0.2) is 21.9 Å². The lowest BCUT2D eigenvalue weighted by atomic mass is 9.85. The molecule has 1 aliphatic carbocycles. The number of rotatable bonds is 9. The van der Waals surface area contributed by atoms with Gasteiger partial charge in [-0.15, -0.1) is 10.2 Å². The summed E-state index contributed by atoms with van der Waals surface area (Å²) in [5, 5.41) is 28.9. The maximum Gasteiger partial charge on any atom is 0.242 e. The highest BCUT2D eigenvalue weighted by Gasteiger charge is 2.42. The van der Waals surface area contributed by atoms with E-state index in [-0.39, 0.29) is 17.9 Å². The number of aromatic nitrogens is 4. The summed E-state index contributed by atoms with van der Waals surface area (Å²) in [5.74, 6) is 0.956. The Kier molecular flexibility index (Phi) is 6.92. The molecule has 34 heavy (non-hydrogen) atoms. The monoisotopic (exact) mass is 515 g/mol. The second-order valence-corrected chi connectivity index (χ2v) is 11.9. The number of sulfonamides is 2. The number of primary sulfonamides is 1. The number of aliphatic hydroxyl groups excluding tert-OH is 1. The lowest BCUT2D eigenvalue weighted by Gasteiger charge is -2.39. The van der Waals surface area contributed by atoms with E-state index in [1.807, 2.05) is 4.90 Å². The standard InChI is InChI=1S/C18H29N9O5S2/c19-5-12(28)7-22-34(31,32)15-4-3-14(27-8-10-1-2-11(9-27)13(10)6-20)16(17(15)33(21,29)30)18-23-25-26-24-18/h3-4,10-13,22,28H,1-2,5-9,19-20H2,(H2,21,29,30)(H,23,24,25,26)/t10?,11?,12-,13?/m1/s1. The Bertz CT molecular complexity index is 1220. The van der Waals surface area contributed by atoms with Gasteiger partial charge in [-0.05, 0) is 54.5 Å². The number of aromatic amines is 1. The Morgan fingerprint density at radius 2 is 1.85 bits per heavy atom. The molecule has 14 nitrogen and oxygen atoms in total. The molecule has 2 aromatic rings. The second kappa shape index (κ2) is 9.44. The lowest BCUT2D eigenvalue weighted by Crippen LogP contribution is -2.44. The largest absolute Gasteiger partial charge is 0.390 e. The maximum atomic E-state index is 13.1. The first-order valence-corrected chi connectivity index (χ1v) is 13.9. The zero-order valence-electron chi connectivity index (χ0n) is 18.3. The van der Waals surface area contributed by atoms with E-state index in [1.54, 1.807) is 0 Å². The van der Waals surface area contributed by atoms with Crippen LogP contribution in [0.5, 0.6) is 0 Å². The number of tetrazole rings is 1. The summed E-state index contributed by atoms with van der Waals surface area (Å²) < 4.78 is 53.8. The highest BCUT2D eigenvalue weighted by Crippen LogP contribution is 2.45. The van der Waals surface area contributed by atoms with Crippen molar-refractivity contribution in [1.82, 2.24) is 25.3 Å². The van der Waals surface area contributed by atoms with E-state index < -0.39 is 42.5 Å². The van der Waals surface area contributed by atoms with Crippen molar-refractivity contribution < 1.29 is 21.9 Å². The summed E-state index contributed by atoms with van der Waals surface area (Å²) in [6.07, 6.45) is 0.883. The Morgan fingerprint density at radius 3 is 2.38 bits per heavy atom. The number of nitrogens with two attached hydrogens (primary N) is 3. The summed E-state index contributed by atoms with van der Waals surface area (Å²) >= 11 is 0. The number of piperidine rings is 1. The highest BCUT2D eigenvalue weighted by atomic mass is 32.2. The summed E-state index contributed by atoms with van der Waals surface area (Å²) in [5.41, 5.74) is 11.7. The van der Waals surface area contributed by atoms with Crippen molar-refractivity contribution in [3.8, 4) is 11.4 Å². The number of hydrogen-bond acceptors (Lipinski definition) is 11. The number of H-pyrrole nitrogens is 1. The van der Waals surface area contributed by atoms with Crippen LogP contribution < -0.4 is 26.2 Å². The van der Waals surface area contributed by atoms with E-state index in [0.717, 1.165) is 12.8 Å². The molecule has 0 spiro atoms. The van der Waals surface area contributed by atoms with Crippen molar-refractivity contribution in [3.63, 3.8) is 0 Å². The number of fused-ring (bicyclic) bond motifs is 2. The zero-order chi connectivity index (χ0) is 24.7. The van der Waals surface area contributed by atoms with Gasteiger partial charge >= 0.3 is 0 Å². The maximum absolute atomic E-state index is 13.1. The third-order valence-corrected chi connectivity index (χ3v) is 9.25. The van der Waals surface area contributed by atoms with E-state index >= 15 is 0 Å². The summed E-state index contributed by atoms with van der Waals surface area (Å²) in [7, 11) is -8.99. The fourth-order valence-electron chi connectivity index (χ4n) is 5.08. The molecule has 0 radical (unpaired) electrons. The molecule has 2 unspecified atom stereocenters. The molecule has 2 bridgehead atoms. The van der Waals surface area contributed by atoms with Crippen LogP contribution in [0, 0.1) is 17.8 Å². The molecule has 9 N–H and O–H groups in total. The average Bonchev–Trinajstić information content (AvgIpc) is 3.41. The highest BCUT2D eigenvalue weighted by molar-refractivity contribution is 7.92. The molecule has 2 aliphatic rings. The number of hydrogen-bond donors (Lipinski definition) is 6. The van der Waals surface area contributed by atoms with Crippen LogP contribution in [0.1, 0.15) is 12.8 Å². The van der Waals surface area contributed by atoms with Crippen molar-refractivity contribution in [2.75, 3.05) is 37.6 Å². The molecule has 1 aromatic heterocycles. The fourth-order valence-corrected chi connectivity index (χ4v) is 7.75. The molecule has 2 heterocycles. The molecule has 188 valence electrons. The first kappa shape index (κ1) is 24.9. The van der Waals surface area contributed by atoms with Crippen molar-refractivity contribution in [3.05, 3.63) is 12.1 Å². The van der Waals surface area contributed by atoms with Crippen LogP contribution in [-0.4, -0.2) is 81.4 Å². The Balaban J connectivity index is 1.87. The topological polar surface area (TPSA) is 236 Å². The smallest absolute Gasteiger partial charge is 0.242 e. The Morgan fingerprint density at radius 1 is 1.18 bits per heavy atom. The van der Waals surface area contributed by atoms with Crippen LogP contribution >= 0.6 is 0 Å². The number of benzene rings is 1. The number of aliphatic hydroxyl groups is 1. The summed E-state index contributed by atoms with van der Waals surface area (Å²) in [6, 6.07) is 2.71. The van der Waals surface area contributed by atoms with Gasteiger partial charge in [-0.1, -0.05) is 0 Å². The van der Waals surface area contributed by atoms with Crippen LogP contribution in [0.4, 0.5) is 5.69 Å². The van der Waals surface area contributed by atoms with Crippen molar-refractivity contribution in [2.24, 2.45) is 34.4 Å². The number of nitrogens with one attached hydrogen (secondary N) is 2. The quantitative estimate of drug-likeness (QED) is 0.205. The molecular weight excluding hydrogens is 486 g/mol. The van der Waals surface area contributed by atoms with Crippen LogP contribution in [0.25, 0.3) is 11.4 Å². The van der Waals surface area contributed by atoms with Gasteiger partial charge in [-0.2, -0.15) is 5.21 Å². The van der Waals surface area contributed by atoms with Crippen molar-refractivity contribution >= 4 is 25.7 Å². The number of anilines is 1. The Labute approximate surface area is 197 Å². The van der Waals surface area contributed by atoms with Crippen molar-refractivity contribution in [2.45, 2.75) is 28.7 Å². The van der Waals surface area contributed by atoms with Crippen molar-refractivity contribution in [1.29, 1.82) is 0 Å². The van der Waals surface area contributed by atoms with Gasteiger partial charge < -0.3 is 21.5 Å². The van der Waals surface area contributed by atoms with E-state index in [2.05, 4.69) is 25.3 Å². The zero-order valence-corrected chi connectivity index (χ0v) is 20.0. The minimum Gasteiger partial charge on any atom is -0.390 e. The van der Waals surface area contributed by atoms with Gasteiger partial charge in [-0.25, -0.2) is 26.7 Å². The fraction of sp³-hybridized carbons (Fsp3) is 0.611. The molecule has 4 rings (SSSR count). The average molecular weight is 516 g/mol. The molecule has 3 atom stereocenters. The minimum absolute atomic E-state index is 0.0518. The minimum atomic E-state index is -4.58. The van der Waals surface area contributed by atoms with Gasteiger partial charge in [0, 0.05) is 31.9 Å². The van der Waals surface area contributed by atoms with Crippen LogP contribution in [0.3, 0.4) is 0 Å². The van der Waals surface area contributed by atoms with Crippen LogP contribution in [-0.2, 0) is 20.0 Å². The molecule has 1 saturated carbocycles. The predicted octanol–water partition coefficient (Wildman–Crippen LogP) is -2.47. The second-order valence-electron chi connectivity index (χ2n) is 8.71. The van der Waals surface area contributed by atoms with E-state index in [1.165, 1.54) is 12.1 Å². The molecule has 1 aromatic carbocycles. The molecule has 2 fully saturated rings. The predicted molar refractivity (Wildman–Crippen MR) is 122 cm³/mol. The molecule has 1 saturated heterocycles. The summed E-state index contributed by atoms with van der Waals surface area (Å²) in [6.45, 7) is 1.25. The van der Waals surface area contributed by atoms with Crippen LogP contribution in [0.2, 0.25) is 0 Å². The first-order valence-electron chi connectivity index (χ1n) is 10.8. The normalized spacial score (nSPS) is 23.9. The van der Waals surface area contributed by atoms with Gasteiger partial charge in [0.15, 0.2) is 0 Å². The third kappa shape index (κ3) is 4.66. The van der Waals surface area contributed by atoms with Gasteiger partial charge in [0.1, 0.15) is 9.79 Å². The lowest BCUT2D eigenvalue weighted by molar-refractivity contribution is 0.186.